The zero-order chi connectivity index (χ0) is 3.54. The van der Waals surface area contributed by atoms with Gasteiger partial charge in [0.25, 0.3) is 0 Å². The molecule has 1 heterocycles. The summed E-state index contributed by atoms with van der Waals surface area (Å²) in [4.78, 5) is 2.26. The van der Waals surface area contributed by atoms with Crippen LogP contribution in [0.15, 0.2) is 12.2 Å². The van der Waals surface area contributed by atoms with Crippen molar-refractivity contribution >= 4 is 19.7 Å². The van der Waals surface area contributed by atoms with E-state index in [1.807, 2.05) is 0 Å². The van der Waals surface area contributed by atoms with Crippen molar-refractivity contribution in [1.29, 1.82) is 0 Å². The van der Waals surface area contributed by atoms with Crippen molar-refractivity contribution in [2.45, 2.75) is 5.28 Å². The van der Waals surface area contributed by atoms with Gasteiger partial charge in [0, 0.05) is 0 Å². The Morgan fingerprint density at radius 1 is 1.60 bits per heavy atom. The minimum atomic E-state index is 0.690. The van der Waals surface area contributed by atoms with Crippen LogP contribution >= 0.6 is 0 Å². The van der Waals surface area contributed by atoms with Crippen LogP contribution < -0.4 is 0 Å². The van der Waals surface area contributed by atoms with E-state index in [2.05, 4.69) is 17.0 Å². The van der Waals surface area contributed by atoms with E-state index < -0.39 is 0 Å². The van der Waals surface area contributed by atoms with Gasteiger partial charge in [0.1, 0.15) is 0 Å². The van der Waals surface area contributed by atoms with Crippen molar-refractivity contribution in [2.75, 3.05) is 0 Å². The summed E-state index contributed by atoms with van der Waals surface area (Å²) < 4.78 is 0. The molecule has 0 N–H and O–H groups in total. The topological polar surface area (TPSA) is 0 Å². The summed E-state index contributed by atoms with van der Waals surface area (Å²) in [6, 6.07) is 0. The average Bonchev–Trinajstić information content (AvgIpc) is 1.76. The SMILES string of the molecule is C1=C[CH2][Al]=[CH]1. The Bertz CT molecular complexity index is 61.7. The van der Waals surface area contributed by atoms with Crippen molar-refractivity contribution in [3.05, 3.63) is 12.2 Å². The van der Waals surface area contributed by atoms with Gasteiger partial charge in [-0.2, -0.15) is 0 Å². The first-order valence-corrected chi connectivity index (χ1v) is 3.30. The number of allylic oxidation sites excluding steroid dienone is 2. The fraction of sp³-hybridized carbons (Fsp3) is 0.250. The maximum absolute atomic E-state index is 2.26. The molecule has 0 saturated heterocycles. The van der Waals surface area contributed by atoms with Crippen LogP contribution in [-0.4, -0.2) is 19.7 Å². The van der Waals surface area contributed by atoms with Crippen LogP contribution in [-0.2, 0) is 0 Å². The second kappa shape index (κ2) is 1.55. The first-order chi connectivity index (χ1) is 2.50. The van der Waals surface area contributed by atoms with E-state index in [1.54, 1.807) is 0 Å². The molecule has 0 bridgehead atoms. The zero-order valence-electron chi connectivity index (χ0n) is 3.02. The van der Waals surface area contributed by atoms with Crippen LogP contribution in [0.1, 0.15) is 0 Å². The minimum absolute atomic E-state index is 0.690. The zero-order valence-corrected chi connectivity index (χ0v) is 4.17. The van der Waals surface area contributed by atoms with Gasteiger partial charge in [-0.3, -0.25) is 0 Å². The second-order valence-corrected chi connectivity index (χ2v) is 2.42. The molecule has 0 nitrogen and oxygen atoms in total. The number of hydrogen-bond acceptors (Lipinski definition) is 0. The first kappa shape index (κ1) is 3.34. The molecule has 1 aliphatic heterocycles. The Kier molecular flexibility index (Phi) is 1.03. The van der Waals surface area contributed by atoms with E-state index in [0.717, 1.165) is 0 Å². The molecule has 0 aromatic rings. The van der Waals surface area contributed by atoms with Crippen molar-refractivity contribution in [3.63, 3.8) is 0 Å². The average molecular weight is 80.1 g/mol. The molecule has 24 valence electrons. The van der Waals surface area contributed by atoms with E-state index >= 15 is 0 Å². The van der Waals surface area contributed by atoms with Gasteiger partial charge in [-0.1, -0.05) is 0 Å². The molecule has 0 aliphatic carbocycles. The van der Waals surface area contributed by atoms with Gasteiger partial charge in [-0.05, 0) is 0 Å². The van der Waals surface area contributed by atoms with Crippen molar-refractivity contribution in [1.82, 2.24) is 0 Å². The van der Waals surface area contributed by atoms with E-state index in [9.17, 15) is 0 Å². The molecule has 0 aromatic carbocycles. The van der Waals surface area contributed by atoms with Gasteiger partial charge in [0.05, 0.1) is 0 Å². The van der Waals surface area contributed by atoms with Crippen LogP contribution in [0, 0.1) is 0 Å². The first-order valence-electron chi connectivity index (χ1n) is 1.82. The van der Waals surface area contributed by atoms with Gasteiger partial charge in [0.2, 0.25) is 0 Å². The normalized spacial score (nSPS) is 16.0. The van der Waals surface area contributed by atoms with Crippen LogP contribution in [0.5, 0.6) is 0 Å². The van der Waals surface area contributed by atoms with Gasteiger partial charge in [-0.25, -0.2) is 0 Å². The molecule has 0 aromatic heterocycles. The molecule has 0 spiro atoms. The third-order valence-corrected chi connectivity index (χ3v) is 1.69. The molecule has 0 fully saturated rings. The molecule has 0 unspecified atom stereocenters. The summed E-state index contributed by atoms with van der Waals surface area (Å²) in [5.41, 5.74) is 0. The van der Waals surface area contributed by atoms with Crippen LogP contribution in [0.4, 0.5) is 0 Å². The van der Waals surface area contributed by atoms with Gasteiger partial charge >= 0.3 is 37.1 Å². The third kappa shape index (κ3) is 0.719. The van der Waals surface area contributed by atoms with Crippen LogP contribution in [0.25, 0.3) is 0 Å². The van der Waals surface area contributed by atoms with E-state index in [-0.39, 0.29) is 0 Å². The van der Waals surface area contributed by atoms with E-state index in [1.165, 1.54) is 5.28 Å². The summed E-state index contributed by atoms with van der Waals surface area (Å²) in [5, 5.41) is 1.35. The summed E-state index contributed by atoms with van der Waals surface area (Å²) in [6.45, 7) is 0. The van der Waals surface area contributed by atoms with E-state index in [4.69, 9.17) is 0 Å². The molecule has 0 amide bonds. The van der Waals surface area contributed by atoms with E-state index in [0.29, 0.717) is 14.8 Å². The summed E-state index contributed by atoms with van der Waals surface area (Å²) in [5.74, 6) is 0. The molecule has 1 aliphatic rings. The second-order valence-electron chi connectivity index (χ2n) is 1.09. The monoisotopic (exact) mass is 80.0 g/mol. The number of rotatable bonds is 0. The van der Waals surface area contributed by atoms with Gasteiger partial charge in [0.15, 0.2) is 0 Å². The van der Waals surface area contributed by atoms with Crippen molar-refractivity contribution in [3.8, 4) is 0 Å². The maximum atomic E-state index is 2.26. The fourth-order valence-corrected chi connectivity index (χ4v) is 1.18. The summed E-state index contributed by atoms with van der Waals surface area (Å²) in [7, 11) is 0. The Balaban J connectivity index is 2.61. The molecule has 1 heteroatoms. The molecule has 0 atom stereocenters. The third-order valence-electron chi connectivity index (χ3n) is 0.655. The Hall–Kier alpha value is 0.142. The van der Waals surface area contributed by atoms with Crippen LogP contribution in [0.3, 0.4) is 0 Å². The molecule has 0 radical (unpaired) electrons. The Labute approximate surface area is 37.8 Å². The molecule has 0 saturated carbocycles. The quantitative estimate of drug-likeness (QED) is 0.371. The van der Waals surface area contributed by atoms with Crippen molar-refractivity contribution < 1.29 is 0 Å². The van der Waals surface area contributed by atoms with Crippen LogP contribution in [0.2, 0.25) is 5.28 Å². The Morgan fingerprint density at radius 2 is 2.60 bits per heavy atom. The van der Waals surface area contributed by atoms with Gasteiger partial charge < -0.3 is 0 Å². The molecular weight excluding hydrogens is 75.0 g/mol. The predicted octanol–water partition coefficient (Wildman–Crippen LogP) is 0.481. The van der Waals surface area contributed by atoms with Crippen molar-refractivity contribution in [2.24, 2.45) is 0 Å². The fourth-order valence-electron chi connectivity index (χ4n) is 0.393. The Morgan fingerprint density at radius 3 is 2.80 bits per heavy atom. The molecule has 1 rings (SSSR count). The standard InChI is InChI=1S/C4H5.Al/c1-3-4-2;/h1,3-4H,2H2;. The summed E-state index contributed by atoms with van der Waals surface area (Å²) >= 11 is 0.690. The molecule has 5 heavy (non-hydrogen) atoms. The van der Waals surface area contributed by atoms with Gasteiger partial charge in [-0.15, -0.1) is 0 Å². The molecular formula is C4H5Al. The predicted molar refractivity (Wildman–Crippen MR) is 25.8 cm³/mol. The number of hydrogen-bond donors (Lipinski definition) is 0. The summed E-state index contributed by atoms with van der Waals surface area (Å²) in [6.07, 6.45) is 4.37.